The Bertz CT molecular complexity index is 3540. The Labute approximate surface area is 378 Å². The molecule has 0 radical (unpaired) electrons. The van der Waals surface area contributed by atoms with Crippen LogP contribution in [0.25, 0.3) is 100 Å². The Morgan fingerprint density at radius 1 is 0.277 bits per heavy atom. The van der Waals surface area contributed by atoms with Crippen LogP contribution >= 0.6 is 0 Å². The number of benzene rings is 10. The Kier molecular flexibility index (Phi) is 8.47. The molecule has 2 heteroatoms. The van der Waals surface area contributed by atoms with Crippen molar-refractivity contribution in [1.29, 1.82) is 0 Å². The van der Waals surface area contributed by atoms with Gasteiger partial charge in [0.1, 0.15) is 0 Å². The van der Waals surface area contributed by atoms with Crippen LogP contribution in [0, 0.1) is 0 Å². The maximum Gasteiger partial charge on any atom is 0.160 e. The van der Waals surface area contributed by atoms with E-state index < -0.39 is 5.41 Å². The van der Waals surface area contributed by atoms with E-state index in [9.17, 15) is 0 Å². The van der Waals surface area contributed by atoms with Crippen LogP contribution in [0.15, 0.2) is 243 Å². The Balaban J connectivity index is 1.04. The summed E-state index contributed by atoms with van der Waals surface area (Å²) in [7, 11) is 0. The molecule has 0 N–H and O–H groups in total. The van der Waals surface area contributed by atoms with Crippen LogP contribution in [0.1, 0.15) is 22.3 Å². The van der Waals surface area contributed by atoms with Crippen molar-refractivity contribution >= 4 is 10.8 Å². The van der Waals surface area contributed by atoms with E-state index in [1.165, 1.54) is 60.8 Å². The predicted octanol–water partition coefficient (Wildman–Crippen LogP) is 16.0. The molecular formula is C63H40N2. The first-order chi connectivity index (χ1) is 32.2. The Morgan fingerprint density at radius 3 is 1.35 bits per heavy atom. The molecule has 10 aromatic carbocycles. The van der Waals surface area contributed by atoms with Crippen molar-refractivity contribution in [1.82, 2.24) is 9.97 Å². The van der Waals surface area contributed by atoms with Gasteiger partial charge in [0.15, 0.2) is 5.82 Å². The first-order valence-corrected chi connectivity index (χ1v) is 22.4. The van der Waals surface area contributed by atoms with E-state index in [1.54, 1.807) is 0 Å². The van der Waals surface area contributed by atoms with Crippen LogP contribution in [0.5, 0.6) is 0 Å². The second-order valence-electron chi connectivity index (χ2n) is 17.2. The second-order valence-corrected chi connectivity index (χ2v) is 17.2. The molecule has 302 valence electrons. The quantitative estimate of drug-likeness (QED) is 0.167. The first-order valence-electron chi connectivity index (χ1n) is 22.4. The van der Waals surface area contributed by atoms with Gasteiger partial charge in [0.05, 0.1) is 16.8 Å². The van der Waals surface area contributed by atoms with Crippen molar-refractivity contribution in [3.63, 3.8) is 0 Å². The Morgan fingerprint density at radius 2 is 0.723 bits per heavy atom. The zero-order valence-corrected chi connectivity index (χ0v) is 35.5. The molecule has 0 amide bonds. The monoisotopic (exact) mass is 824 g/mol. The maximum absolute atomic E-state index is 5.46. The Hall–Kier alpha value is -8.46. The molecular weight excluding hydrogens is 785 g/mol. The molecule has 0 bridgehead atoms. The fourth-order valence-electron chi connectivity index (χ4n) is 10.9. The molecule has 11 aromatic rings. The summed E-state index contributed by atoms with van der Waals surface area (Å²) in [5, 5.41) is 2.50. The smallest absolute Gasteiger partial charge is 0.160 e. The highest BCUT2D eigenvalue weighted by atomic mass is 14.9. The van der Waals surface area contributed by atoms with E-state index >= 15 is 0 Å². The molecule has 2 aliphatic carbocycles. The topological polar surface area (TPSA) is 25.8 Å². The molecule has 2 aliphatic rings. The summed E-state index contributed by atoms with van der Waals surface area (Å²) in [4.78, 5) is 10.8. The number of hydrogen-bond donors (Lipinski definition) is 0. The van der Waals surface area contributed by atoms with Gasteiger partial charge in [0.2, 0.25) is 0 Å². The summed E-state index contributed by atoms with van der Waals surface area (Å²) in [5.74, 6) is 0.683. The van der Waals surface area contributed by atoms with Gasteiger partial charge in [-0.25, -0.2) is 9.97 Å². The van der Waals surface area contributed by atoms with E-state index in [0.29, 0.717) is 5.82 Å². The normalized spacial score (nSPS) is 12.7. The fraction of sp³-hybridized carbons (Fsp3) is 0.0159. The van der Waals surface area contributed by atoms with Gasteiger partial charge < -0.3 is 0 Å². The number of fused-ring (bicyclic) bond motifs is 12. The minimum absolute atomic E-state index is 0.471. The van der Waals surface area contributed by atoms with E-state index in [0.717, 1.165) is 55.9 Å². The number of aromatic nitrogens is 2. The lowest BCUT2D eigenvalue weighted by Crippen LogP contribution is -2.26. The summed E-state index contributed by atoms with van der Waals surface area (Å²) in [5.41, 5.74) is 21.8. The molecule has 0 saturated carbocycles. The number of rotatable bonds is 6. The average molecular weight is 825 g/mol. The summed E-state index contributed by atoms with van der Waals surface area (Å²) >= 11 is 0. The van der Waals surface area contributed by atoms with Gasteiger partial charge >= 0.3 is 0 Å². The fourth-order valence-corrected chi connectivity index (χ4v) is 10.9. The van der Waals surface area contributed by atoms with Gasteiger partial charge in [-0.15, -0.1) is 0 Å². The molecule has 0 aliphatic heterocycles. The minimum Gasteiger partial charge on any atom is -0.228 e. The highest BCUT2D eigenvalue weighted by molar-refractivity contribution is 6.09. The molecule has 0 atom stereocenters. The van der Waals surface area contributed by atoms with Crippen LogP contribution in [0.2, 0.25) is 0 Å². The van der Waals surface area contributed by atoms with Gasteiger partial charge in [-0.3, -0.25) is 0 Å². The minimum atomic E-state index is -0.471. The van der Waals surface area contributed by atoms with Crippen LogP contribution in [0.3, 0.4) is 0 Å². The highest BCUT2D eigenvalue weighted by Crippen LogP contribution is 2.65. The average Bonchev–Trinajstić information content (AvgIpc) is 3.87. The second kappa shape index (κ2) is 14.8. The number of nitrogens with zero attached hydrogens (tertiary/aromatic N) is 2. The molecule has 65 heavy (non-hydrogen) atoms. The summed E-state index contributed by atoms with van der Waals surface area (Å²) in [6, 6.07) is 88.1. The van der Waals surface area contributed by atoms with E-state index in [4.69, 9.17) is 9.97 Å². The molecule has 1 heterocycles. The van der Waals surface area contributed by atoms with Crippen LogP contribution < -0.4 is 0 Å². The van der Waals surface area contributed by atoms with Gasteiger partial charge in [-0.1, -0.05) is 206 Å². The SMILES string of the molecule is c1ccc(-c2cc(-c3ccccc3)cc(-c3cc(-c4ccccc4)nc(-c4cccc(-c5cc6ccccc6c6c5-c5ccccc5C65c6ccccc6-c6ccccc65)c4)n3)c2)cc1. The van der Waals surface area contributed by atoms with Gasteiger partial charge in [0.25, 0.3) is 0 Å². The third-order valence-electron chi connectivity index (χ3n) is 13.6. The van der Waals surface area contributed by atoms with Crippen LogP contribution in [-0.2, 0) is 5.41 Å². The van der Waals surface area contributed by atoms with Crippen molar-refractivity contribution < 1.29 is 0 Å². The van der Waals surface area contributed by atoms with Crippen molar-refractivity contribution in [2.24, 2.45) is 0 Å². The van der Waals surface area contributed by atoms with Crippen LogP contribution in [0.4, 0.5) is 0 Å². The zero-order valence-electron chi connectivity index (χ0n) is 35.5. The van der Waals surface area contributed by atoms with Crippen molar-refractivity contribution in [2.45, 2.75) is 5.41 Å². The van der Waals surface area contributed by atoms with Crippen molar-refractivity contribution in [3.05, 3.63) is 265 Å². The van der Waals surface area contributed by atoms with Crippen molar-refractivity contribution in [3.8, 4) is 89.5 Å². The predicted molar refractivity (Wildman–Crippen MR) is 268 cm³/mol. The van der Waals surface area contributed by atoms with E-state index in [2.05, 4.69) is 243 Å². The molecule has 13 rings (SSSR count). The van der Waals surface area contributed by atoms with E-state index in [1.807, 2.05) is 0 Å². The first kappa shape index (κ1) is 37.1. The standard InChI is InChI=1S/C63H40N2/c1-4-19-41(20-5-1)47-36-48(42-21-6-2-7-22-42)38-49(37-47)59-40-58(43-23-8-3-9-24-43)64-62(65-59)46-27-18-26-44(35-46)54-39-45-25-10-11-28-50(45)61-60(54)53-31-14-17-34-57(53)63(61)55-32-15-12-29-51(55)52-30-13-16-33-56(52)63/h1-40H. The lowest BCUT2D eigenvalue weighted by Gasteiger charge is -2.31. The molecule has 0 fully saturated rings. The summed E-state index contributed by atoms with van der Waals surface area (Å²) in [6.45, 7) is 0. The molecule has 1 spiro atoms. The highest BCUT2D eigenvalue weighted by Gasteiger charge is 2.53. The van der Waals surface area contributed by atoms with Gasteiger partial charge in [-0.2, -0.15) is 0 Å². The van der Waals surface area contributed by atoms with Gasteiger partial charge in [0, 0.05) is 16.7 Å². The lowest BCUT2D eigenvalue weighted by atomic mass is 9.69. The van der Waals surface area contributed by atoms with E-state index in [-0.39, 0.29) is 0 Å². The molecule has 1 aromatic heterocycles. The maximum atomic E-state index is 5.46. The summed E-state index contributed by atoms with van der Waals surface area (Å²) in [6.07, 6.45) is 0. The lowest BCUT2D eigenvalue weighted by molar-refractivity contribution is 0.801. The molecule has 2 nitrogen and oxygen atoms in total. The third-order valence-corrected chi connectivity index (χ3v) is 13.6. The van der Waals surface area contributed by atoms with Crippen molar-refractivity contribution in [2.75, 3.05) is 0 Å². The van der Waals surface area contributed by atoms with Gasteiger partial charge in [-0.05, 0) is 125 Å². The zero-order chi connectivity index (χ0) is 42.9. The number of hydrogen-bond acceptors (Lipinski definition) is 2. The van der Waals surface area contributed by atoms with Crippen LogP contribution in [-0.4, -0.2) is 9.97 Å². The third kappa shape index (κ3) is 5.81. The largest absolute Gasteiger partial charge is 0.228 e. The summed E-state index contributed by atoms with van der Waals surface area (Å²) < 4.78 is 0. The molecule has 0 saturated heterocycles. The molecule has 0 unspecified atom stereocenters.